The minimum absolute atomic E-state index is 0.190. The van der Waals surface area contributed by atoms with E-state index in [9.17, 15) is 9.59 Å². The van der Waals surface area contributed by atoms with Crippen molar-refractivity contribution in [1.29, 1.82) is 0 Å². The molecule has 0 fully saturated rings. The first-order chi connectivity index (χ1) is 13.6. The summed E-state index contributed by atoms with van der Waals surface area (Å²) in [5.74, 6) is -0.300. The van der Waals surface area contributed by atoms with Crippen LogP contribution in [0.5, 0.6) is 0 Å². The Hall–Kier alpha value is -3.32. The molecule has 0 aliphatic rings. The second-order valence-corrected chi connectivity index (χ2v) is 7.48. The Morgan fingerprint density at radius 1 is 1.11 bits per heavy atom. The number of amides is 1. The van der Waals surface area contributed by atoms with Gasteiger partial charge < -0.3 is 5.32 Å². The van der Waals surface area contributed by atoms with Gasteiger partial charge in [0.15, 0.2) is 0 Å². The Balaban J connectivity index is 1.59. The Bertz CT molecular complexity index is 1170. The van der Waals surface area contributed by atoms with Gasteiger partial charge in [0.25, 0.3) is 5.56 Å². The molecular weight excluding hydrogens is 372 g/mol. The molecule has 7 heteroatoms. The standard InChI is InChI=1S/C21H18N4O2S/c1-14-8-10-15(11-9-14)20(18-7-4-12-28-18)22-19(26)13-25-21(27)16-5-2-3-6-17(16)23-24-25/h2-12,20H,13H2,1H3,(H,22,26). The van der Waals surface area contributed by atoms with E-state index in [0.717, 1.165) is 20.7 Å². The van der Waals surface area contributed by atoms with E-state index in [1.807, 2.05) is 48.7 Å². The van der Waals surface area contributed by atoms with Crippen molar-refractivity contribution in [3.8, 4) is 0 Å². The molecule has 0 bridgehead atoms. The molecule has 6 nitrogen and oxygen atoms in total. The first-order valence-corrected chi connectivity index (χ1v) is 9.71. The van der Waals surface area contributed by atoms with Crippen LogP contribution in [0.25, 0.3) is 10.9 Å². The molecule has 0 saturated carbocycles. The molecule has 1 atom stereocenters. The predicted octanol–water partition coefficient (Wildman–Crippen LogP) is 3.07. The zero-order chi connectivity index (χ0) is 19.5. The summed E-state index contributed by atoms with van der Waals surface area (Å²) >= 11 is 1.57. The van der Waals surface area contributed by atoms with Crippen molar-refractivity contribution in [2.75, 3.05) is 0 Å². The van der Waals surface area contributed by atoms with Gasteiger partial charge in [0.1, 0.15) is 12.1 Å². The number of benzene rings is 2. The maximum absolute atomic E-state index is 12.7. The van der Waals surface area contributed by atoms with E-state index < -0.39 is 0 Å². The fraction of sp³-hybridized carbons (Fsp3) is 0.143. The molecular formula is C21H18N4O2S. The van der Waals surface area contributed by atoms with Gasteiger partial charge in [-0.15, -0.1) is 16.4 Å². The number of thiophene rings is 1. The van der Waals surface area contributed by atoms with Crippen LogP contribution in [0.4, 0.5) is 0 Å². The van der Waals surface area contributed by atoms with Crippen molar-refractivity contribution in [3.63, 3.8) is 0 Å². The molecule has 1 amide bonds. The second kappa shape index (κ2) is 7.74. The first-order valence-electron chi connectivity index (χ1n) is 8.84. The van der Waals surface area contributed by atoms with Gasteiger partial charge in [-0.05, 0) is 36.1 Å². The number of rotatable bonds is 5. The number of fused-ring (bicyclic) bond motifs is 1. The molecule has 0 radical (unpaired) electrons. The molecule has 4 rings (SSSR count). The summed E-state index contributed by atoms with van der Waals surface area (Å²) in [7, 11) is 0. The van der Waals surface area contributed by atoms with Crippen molar-refractivity contribution in [3.05, 3.63) is 92.4 Å². The second-order valence-electron chi connectivity index (χ2n) is 6.50. The van der Waals surface area contributed by atoms with Gasteiger partial charge in [0.05, 0.1) is 11.4 Å². The monoisotopic (exact) mass is 390 g/mol. The normalized spacial score (nSPS) is 12.0. The molecule has 1 N–H and O–H groups in total. The lowest BCUT2D eigenvalue weighted by Crippen LogP contribution is -2.36. The number of hydrogen-bond acceptors (Lipinski definition) is 5. The van der Waals surface area contributed by atoms with Crippen LogP contribution in [0.3, 0.4) is 0 Å². The number of nitrogens with zero attached hydrogens (tertiary/aromatic N) is 3. The van der Waals surface area contributed by atoms with E-state index in [1.54, 1.807) is 35.6 Å². The molecule has 0 aliphatic heterocycles. The molecule has 2 heterocycles. The van der Waals surface area contributed by atoms with Crippen LogP contribution in [0.2, 0.25) is 0 Å². The van der Waals surface area contributed by atoms with Crippen molar-refractivity contribution in [2.45, 2.75) is 19.5 Å². The van der Waals surface area contributed by atoms with Gasteiger partial charge >= 0.3 is 0 Å². The summed E-state index contributed by atoms with van der Waals surface area (Å²) in [5.41, 5.74) is 2.32. The smallest absolute Gasteiger partial charge is 0.278 e. The number of aryl methyl sites for hydroxylation is 1. The molecule has 0 saturated heterocycles. The number of carbonyl (C=O) groups excluding carboxylic acids is 1. The molecule has 4 aromatic rings. The number of nitrogens with one attached hydrogen (secondary N) is 1. The third-order valence-corrected chi connectivity index (χ3v) is 5.40. The van der Waals surface area contributed by atoms with Crippen molar-refractivity contribution < 1.29 is 4.79 Å². The Morgan fingerprint density at radius 3 is 2.64 bits per heavy atom. The van der Waals surface area contributed by atoms with Crippen LogP contribution in [0.15, 0.2) is 70.8 Å². The minimum atomic E-state index is -0.330. The van der Waals surface area contributed by atoms with Crippen molar-refractivity contribution in [1.82, 2.24) is 20.3 Å². The zero-order valence-corrected chi connectivity index (χ0v) is 16.0. The number of aromatic nitrogens is 3. The largest absolute Gasteiger partial charge is 0.343 e. The number of carbonyl (C=O) groups is 1. The van der Waals surface area contributed by atoms with E-state index in [1.165, 1.54) is 0 Å². The average molecular weight is 390 g/mol. The molecule has 28 heavy (non-hydrogen) atoms. The lowest BCUT2D eigenvalue weighted by molar-refractivity contribution is -0.122. The van der Waals surface area contributed by atoms with Gasteiger partial charge in [-0.25, -0.2) is 4.68 Å². The van der Waals surface area contributed by atoms with Crippen LogP contribution in [-0.2, 0) is 11.3 Å². The zero-order valence-electron chi connectivity index (χ0n) is 15.2. The van der Waals surface area contributed by atoms with Gasteiger partial charge in [0, 0.05) is 4.88 Å². The molecule has 0 spiro atoms. The minimum Gasteiger partial charge on any atom is -0.343 e. The fourth-order valence-corrected chi connectivity index (χ4v) is 3.81. The molecule has 1 unspecified atom stereocenters. The summed E-state index contributed by atoms with van der Waals surface area (Å²) in [6, 6.07) is 18.6. The summed E-state index contributed by atoms with van der Waals surface area (Å²) in [5, 5.41) is 13.4. The average Bonchev–Trinajstić information content (AvgIpc) is 3.24. The van der Waals surface area contributed by atoms with Crippen LogP contribution in [0, 0.1) is 6.92 Å². The molecule has 0 aliphatic carbocycles. The molecule has 140 valence electrons. The maximum Gasteiger partial charge on any atom is 0.278 e. The highest BCUT2D eigenvalue weighted by molar-refractivity contribution is 7.10. The van der Waals surface area contributed by atoms with Crippen molar-refractivity contribution >= 4 is 28.1 Å². The van der Waals surface area contributed by atoms with E-state index in [2.05, 4.69) is 15.6 Å². The topological polar surface area (TPSA) is 76.9 Å². The van der Waals surface area contributed by atoms with Gasteiger partial charge in [-0.3, -0.25) is 9.59 Å². The van der Waals surface area contributed by atoms with E-state index >= 15 is 0 Å². The van der Waals surface area contributed by atoms with Gasteiger partial charge in [0.2, 0.25) is 5.91 Å². The highest BCUT2D eigenvalue weighted by atomic mass is 32.1. The third-order valence-electron chi connectivity index (χ3n) is 4.47. The first kappa shape index (κ1) is 18.1. The van der Waals surface area contributed by atoms with E-state index in [0.29, 0.717) is 10.9 Å². The van der Waals surface area contributed by atoms with Crippen LogP contribution in [0.1, 0.15) is 22.0 Å². The lowest BCUT2D eigenvalue weighted by atomic mass is 10.0. The van der Waals surface area contributed by atoms with Crippen LogP contribution < -0.4 is 10.9 Å². The van der Waals surface area contributed by atoms with E-state index in [4.69, 9.17) is 0 Å². The number of hydrogen-bond donors (Lipinski definition) is 1. The van der Waals surface area contributed by atoms with E-state index in [-0.39, 0.29) is 24.1 Å². The molecule has 2 aromatic heterocycles. The highest BCUT2D eigenvalue weighted by Crippen LogP contribution is 2.26. The van der Waals surface area contributed by atoms with Gasteiger partial charge in [-0.2, -0.15) is 0 Å². The van der Waals surface area contributed by atoms with Gasteiger partial charge in [-0.1, -0.05) is 53.2 Å². The SMILES string of the molecule is Cc1ccc(C(NC(=O)Cn2nnc3ccccc3c2=O)c2cccs2)cc1. The van der Waals surface area contributed by atoms with Crippen LogP contribution in [-0.4, -0.2) is 20.9 Å². The predicted molar refractivity (Wildman–Crippen MR) is 109 cm³/mol. The molecule has 2 aromatic carbocycles. The maximum atomic E-state index is 12.7. The summed E-state index contributed by atoms with van der Waals surface area (Å²) in [6.07, 6.45) is 0. The third kappa shape index (κ3) is 3.70. The van der Waals surface area contributed by atoms with Crippen molar-refractivity contribution in [2.24, 2.45) is 0 Å². The highest BCUT2D eigenvalue weighted by Gasteiger charge is 2.19. The quantitative estimate of drug-likeness (QED) is 0.568. The summed E-state index contributed by atoms with van der Waals surface area (Å²) < 4.78 is 1.10. The summed E-state index contributed by atoms with van der Waals surface area (Å²) in [4.78, 5) is 26.3. The van der Waals surface area contributed by atoms with Crippen LogP contribution >= 0.6 is 11.3 Å². The fourth-order valence-electron chi connectivity index (χ4n) is 3.00. The Morgan fingerprint density at radius 2 is 1.89 bits per heavy atom. The summed E-state index contributed by atoms with van der Waals surface area (Å²) in [6.45, 7) is 1.83. The lowest BCUT2D eigenvalue weighted by Gasteiger charge is -2.18. The Labute approximate surface area is 165 Å². The Kier molecular flexibility index (Phi) is 4.99.